The van der Waals surface area contributed by atoms with E-state index in [-0.39, 0.29) is 0 Å². The van der Waals surface area contributed by atoms with E-state index in [0.717, 1.165) is 19.6 Å². The number of hydrogen-bond donors (Lipinski definition) is 2. The van der Waals surface area contributed by atoms with Gasteiger partial charge in [0.25, 0.3) is 0 Å². The van der Waals surface area contributed by atoms with Gasteiger partial charge in [-0.2, -0.15) is 0 Å². The van der Waals surface area contributed by atoms with Crippen LogP contribution in [0, 0.1) is 5.41 Å². The summed E-state index contributed by atoms with van der Waals surface area (Å²) in [5.41, 5.74) is 10.9. The highest BCUT2D eigenvalue weighted by molar-refractivity contribution is 5.35. The molecule has 0 atom stereocenters. The minimum absolute atomic E-state index is 0.413. The maximum absolute atomic E-state index is 5.88. The molecule has 0 unspecified atom stereocenters. The smallest absolute Gasteiger partial charge is 0.0205 e. The summed E-state index contributed by atoms with van der Waals surface area (Å²) in [4.78, 5) is 0. The van der Waals surface area contributed by atoms with Gasteiger partial charge < -0.3 is 11.1 Å². The molecule has 1 aromatic carbocycles. The van der Waals surface area contributed by atoms with E-state index in [0.29, 0.717) is 5.41 Å². The lowest BCUT2D eigenvalue weighted by atomic mass is 9.69. The standard InChI is InChI=1S/C16H24N2/c17-11-16(7-2-8-16)12-18-10-13-5-6-14-3-1-4-15(14)9-13/h5-6,9,18H,1-4,7-8,10-12,17H2. The molecule has 2 nitrogen and oxygen atoms in total. The molecule has 0 aromatic heterocycles. The molecular formula is C16H24N2. The highest BCUT2D eigenvalue weighted by Gasteiger charge is 2.34. The van der Waals surface area contributed by atoms with Crippen molar-refractivity contribution in [2.45, 2.75) is 45.1 Å². The summed E-state index contributed by atoms with van der Waals surface area (Å²) in [5.74, 6) is 0. The second-order valence-corrected chi connectivity index (χ2v) is 6.12. The second kappa shape index (κ2) is 5.02. The Hall–Kier alpha value is -0.860. The van der Waals surface area contributed by atoms with Crippen LogP contribution in [0.3, 0.4) is 0 Å². The molecule has 98 valence electrons. The quantitative estimate of drug-likeness (QED) is 0.834. The number of aryl methyl sites for hydroxylation is 2. The molecule has 1 fully saturated rings. The Morgan fingerprint density at radius 2 is 1.94 bits per heavy atom. The highest BCUT2D eigenvalue weighted by atomic mass is 14.9. The Balaban J connectivity index is 1.54. The molecule has 0 bridgehead atoms. The Labute approximate surface area is 110 Å². The Morgan fingerprint density at radius 3 is 2.67 bits per heavy atom. The molecule has 0 aliphatic heterocycles. The van der Waals surface area contributed by atoms with E-state index >= 15 is 0 Å². The van der Waals surface area contributed by atoms with Gasteiger partial charge in [0.05, 0.1) is 0 Å². The Kier molecular flexibility index (Phi) is 3.40. The number of rotatable bonds is 5. The van der Waals surface area contributed by atoms with E-state index in [1.807, 2.05) is 0 Å². The van der Waals surface area contributed by atoms with Crippen LogP contribution >= 0.6 is 0 Å². The lowest BCUT2D eigenvalue weighted by Crippen LogP contribution is -2.45. The second-order valence-electron chi connectivity index (χ2n) is 6.12. The van der Waals surface area contributed by atoms with Crippen molar-refractivity contribution in [3.05, 3.63) is 34.9 Å². The summed E-state index contributed by atoms with van der Waals surface area (Å²) in [7, 11) is 0. The first kappa shape index (κ1) is 12.2. The lowest BCUT2D eigenvalue weighted by molar-refractivity contribution is 0.141. The van der Waals surface area contributed by atoms with Crippen LogP contribution in [0.5, 0.6) is 0 Å². The van der Waals surface area contributed by atoms with Crippen molar-refractivity contribution in [2.75, 3.05) is 13.1 Å². The van der Waals surface area contributed by atoms with Crippen molar-refractivity contribution in [2.24, 2.45) is 11.1 Å². The molecule has 2 aliphatic rings. The summed E-state index contributed by atoms with van der Waals surface area (Å²) < 4.78 is 0. The molecule has 2 heteroatoms. The lowest BCUT2D eigenvalue weighted by Gasteiger charge is -2.41. The first-order valence-corrected chi connectivity index (χ1v) is 7.33. The van der Waals surface area contributed by atoms with Crippen LogP contribution in [0.2, 0.25) is 0 Å². The molecule has 0 heterocycles. The van der Waals surface area contributed by atoms with Gasteiger partial charge in [-0.1, -0.05) is 24.6 Å². The fourth-order valence-corrected chi connectivity index (χ4v) is 3.34. The van der Waals surface area contributed by atoms with Gasteiger partial charge in [-0.3, -0.25) is 0 Å². The van der Waals surface area contributed by atoms with Crippen LogP contribution in [0.1, 0.15) is 42.4 Å². The molecular weight excluding hydrogens is 220 g/mol. The highest BCUT2D eigenvalue weighted by Crippen LogP contribution is 2.39. The van der Waals surface area contributed by atoms with Crippen molar-refractivity contribution in [3.8, 4) is 0 Å². The van der Waals surface area contributed by atoms with Gasteiger partial charge in [0, 0.05) is 13.1 Å². The third kappa shape index (κ3) is 2.32. The minimum atomic E-state index is 0.413. The van der Waals surface area contributed by atoms with E-state index in [2.05, 4.69) is 23.5 Å². The van der Waals surface area contributed by atoms with Crippen LogP contribution in [0.15, 0.2) is 18.2 Å². The first-order chi connectivity index (χ1) is 8.81. The molecule has 2 aliphatic carbocycles. The maximum atomic E-state index is 5.88. The number of nitrogens with one attached hydrogen (secondary N) is 1. The number of benzene rings is 1. The number of fused-ring (bicyclic) bond motifs is 1. The third-order valence-corrected chi connectivity index (χ3v) is 4.84. The monoisotopic (exact) mass is 244 g/mol. The van der Waals surface area contributed by atoms with Crippen LogP contribution in [-0.2, 0) is 19.4 Å². The van der Waals surface area contributed by atoms with Crippen molar-refractivity contribution in [1.29, 1.82) is 0 Å². The normalized spacial score (nSPS) is 20.5. The average Bonchev–Trinajstić information content (AvgIpc) is 2.80. The van der Waals surface area contributed by atoms with Gasteiger partial charge >= 0.3 is 0 Å². The summed E-state index contributed by atoms with van der Waals surface area (Å²) in [6.45, 7) is 2.92. The number of nitrogens with two attached hydrogens (primary N) is 1. The van der Waals surface area contributed by atoms with Gasteiger partial charge in [-0.05, 0) is 60.8 Å². The summed E-state index contributed by atoms with van der Waals surface area (Å²) >= 11 is 0. The van der Waals surface area contributed by atoms with Crippen molar-refractivity contribution < 1.29 is 0 Å². The van der Waals surface area contributed by atoms with Gasteiger partial charge in [-0.25, -0.2) is 0 Å². The van der Waals surface area contributed by atoms with Crippen LogP contribution < -0.4 is 11.1 Å². The van der Waals surface area contributed by atoms with Gasteiger partial charge in [0.1, 0.15) is 0 Å². The van der Waals surface area contributed by atoms with Crippen LogP contribution in [-0.4, -0.2) is 13.1 Å². The van der Waals surface area contributed by atoms with Gasteiger partial charge in [-0.15, -0.1) is 0 Å². The molecule has 0 saturated heterocycles. The van der Waals surface area contributed by atoms with Crippen LogP contribution in [0.25, 0.3) is 0 Å². The van der Waals surface area contributed by atoms with Gasteiger partial charge in [0.15, 0.2) is 0 Å². The third-order valence-electron chi connectivity index (χ3n) is 4.84. The topological polar surface area (TPSA) is 38.0 Å². The zero-order chi connectivity index (χ0) is 12.4. The predicted molar refractivity (Wildman–Crippen MR) is 75.5 cm³/mol. The molecule has 1 saturated carbocycles. The van der Waals surface area contributed by atoms with E-state index in [4.69, 9.17) is 5.73 Å². The van der Waals surface area contributed by atoms with Gasteiger partial charge in [0.2, 0.25) is 0 Å². The fourth-order valence-electron chi connectivity index (χ4n) is 3.34. The fraction of sp³-hybridized carbons (Fsp3) is 0.625. The van der Waals surface area contributed by atoms with E-state index < -0.39 is 0 Å². The largest absolute Gasteiger partial charge is 0.330 e. The summed E-state index contributed by atoms with van der Waals surface area (Å²) in [6.07, 6.45) is 7.86. The molecule has 18 heavy (non-hydrogen) atoms. The zero-order valence-corrected chi connectivity index (χ0v) is 11.2. The van der Waals surface area contributed by atoms with E-state index in [1.165, 1.54) is 44.1 Å². The molecule has 3 rings (SSSR count). The summed E-state index contributed by atoms with van der Waals surface area (Å²) in [5, 5.41) is 3.61. The van der Waals surface area contributed by atoms with Crippen molar-refractivity contribution in [3.63, 3.8) is 0 Å². The molecule has 0 amide bonds. The SMILES string of the molecule is NCC1(CNCc2ccc3c(c2)CCC3)CCC1. The maximum Gasteiger partial charge on any atom is 0.0205 e. The Morgan fingerprint density at radius 1 is 1.11 bits per heavy atom. The predicted octanol–water partition coefficient (Wildman–Crippen LogP) is 2.39. The zero-order valence-electron chi connectivity index (χ0n) is 11.2. The van der Waals surface area contributed by atoms with Crippen molar-refractivity contribution >= 4 is 0 Å². The number of hydrogen-bond acceptors (Lipinski definition) is 2. The Bertz CT molecular complexity index is 416. The van der Waals surface area contributed by atoms with E-state index in [9.17, 15) is 0 Å². The average molecular weight is 244 g/mol. The van der Waals surface area contributed by atoms with Crippen LogP contribution in [0.4, 0.5) is 0 Å². The molecule has 0 spiro atoms. The summed E-state index contributed by atoms with van der Waals surface area (Å²) in [6, 6.07) is 7.00. The minimum Gasteiger partial charge on any atom is -0.330 e. The first-order valence-electron chi connectivity index (χ1n) is 7.33. The van der Waals surface area contributed by atoms with E-state index in [1.54, 1.807) is 11.1 Å². The van der Waals surface area contributed by atoms with Crippen molar-refractivity contribution in [1.82, 2.24) is 5.32 Å². The molecule has 1 aromatic rings. The molecule has 0 radical (unpaired) electrons. The molecule has 3 N–H and O–H groups in total.